The molecule has 1 N–H and O–H groups in total. The van der Waals surface area contributed by atoms with E-state index in [9.17, 15) is 4.39 Å². The molecule has 0 saturated heterocycles. The van der Waals surface area contributed by atoms with Gasteiger partial charge in [0.25, 0.3) is 0 Å². The van der Waals surface area contributed by atoms with Gasteiger partial charge in [-0.2, -0.15) is 0 Å². The summed E-state index contributed by atoms with van der Waals surface area (Å²) in [5.74, 6) is 0.544. The van der Waals surface area contributed by atoms with Crippen molar-refractivity contribution < 1.29 is 13.9 Å². The molecular formula is C22H19Cl3FNO2. The maximum atomic E-state index is 13.9. The zero-order valence-corrected chi connectivity index (χ0v) is 17.9. The van der Waals surface area contributed by atoms with Crippen LogP contribution in [0.4, 0.5) is 10.1 Å². The second kappa shape index (κ2) is 10.1. The number of ether oxygens (including phenoxy) is 2. The Hall–Kier alpha value is -2.14. The Labute approximate surface area is 184 Å². The normalized spacial score (nSPS) is 10.7. The first-order valence-electron chi connectivity index (χ1n) is 8.98. The molecule has 0 aliphatic rings. The zero-order valence-electron chi connectivity index (χ0n) is 15.6. The molecule has 0 heterocycles. The van der Waals surface area contributed by atoms with Crippen molar-refractivity contribution in [2.24, 2.45) is 0 Å². The molecule has 0 radical (unpaired) electrons. The number of hydrogen-bond donors (Lipinski definition) is 1. The Morgan fingerprint density at radius 3 is 2.45 bits per heavy atom. The summed E-state index contributed by atoms with van der Waals surface area (Å²) >= 11 is 18.6. The van der Waals surface area contributed by atoms with E-state index < -0.39 is 0 Å². The van der Waals surface area contributed by atoms with Gasteiger partial charge in [0.1, 0.15) is 12.4 Å². The maximum Gasteiger partial charge on any atom is 0.180 e. The fourth-order valence-corrected chi connectivity index (χ4v) is 3.49. The highest BCUT2D eigenvalue weighted by Crippen LogP contribution is 2.38. The molecule has 0 aliphatic carbocycles. The summed E-state index contributed by atoms with van der Waals surface area (Å²) < 4.78 is 25.3. The highest BCUT2D eigenvalue weighted by atomic mass is 35.5. The molecule has 0 saturated carbocycles. The molecule has 7 heteroatoms. The van der Waals surface area contributed by atoms with Crippen molar-refractivity contribution >= 4 is 40.5 Å². The first-order chi connectivity index (χ1) is 14.0. The van der Waals surface area contributed by atoms with Crippen LogP contribution in [0.25, 0.3) is 0 Å². The Balaban J connectivity index is 1.77. The van der Waals surface area contributed by atoms with E-state index in [2.05, 4.69) is 5.32 Å². The molecule has 0 aliphatic heterocycles. The van der Waals surface area contributed by atoms with Crippen LogP contribution in [0.3, 0.4) is 0 Å². The first-order valence-corrected chi connectivity index (χ1v) is 10.1. The molecule has 152 valence electrons. The van der Waals surface area contributed by atoms with E-state index in [1.807, 2.05) is 19.1 Å². The second-order valence-corrected chi connectivity index (χ2v) is 7.45. The van der Waals surface area contributed by atoms with Crippen molar-refractivity contribution in [3.63, 3.8) is 0 Å². The fourth-order valence-electron chi connectivity index (χ4n) is 2.72. The largest absolute Gasteiger partial charge is 0.490 e. The molecule has 3 rings (SSSR count). The third kappa shape index (κ3) is 5.69. The van der Waals surface area contributed by atoms with Crippen LogP contribution < -0.4 is 14.8 Å². The number of anilines is 1. The van der Waals surface area contributed by atoms with Crippen LogP contribution in [0.15, 0.2) is 54.6 Å². The van der Waals surface area contributed by atoms with Gasteiger partial charge in [-0.1, -0.05) is 53.0 Å². The summed E-state index contributed by atoms with van der Waals surface area (Å²) in [6, 6.07) is 15.3. The van der Waals surface area contributed by atoms with E-state index in [0.29, 0.717) is 45.3 Å². The van der Waals surface area contributed by atoms with Gasteiger partial charge in [-0.05, 0) is 48.9 Å². The summed E-state index contributed by atoms with van der Waals surface area (Å²) in [7, 11) is 0. The number of hydrogen-bond acceptors (Lipinski definition) is 3. The molecule has 3 aromatic rings. The molecule has 3 aromatic carbocycles. The van der Waals surface area contributed by atoms with Gasteiger partial charge >= 0.3 is 0 Å². The molecule has 0 spiro atoms. The molecule has 0 amide bonds. The lowest BCUT2D eigenvalue weighted by atomic mass is 10.2. The van der Waals surface area contributed by atoms with Gasteiger partial charge in [-0.3, -0.25) is 0 Å². The van der Waals surface area contributed by atoms with Gasteiger partial charge in [-0.25, -0.2) is 4.39 Å². The third-order valence-electron chi connectivity index (χ3n) is 4.11. The number of halogens is 4. The van der Waals surface area contributed by atoms with Crippen LogP contribution in [0.1, 0.15) is 18.1 Å². The monoisotopic (exact) mass is 453 g/mol. The third-order valence-corrected chi connectivity index (χ3v) is 4.94. The lowest BCUT2D eigenvalue weighted by Gasteiger charge is -2.16. The van der Waals surface area contributed by atoms with E-state index in [1.165, 1.54) is 6.07 Å². The lowest BCUT2D eigenvalue weighted by Crippen LogP contribution is -2.05. The Morgan fingerprint density at radius 2 is 1.72 bits per heavy atom. The highest BCUT2D eigenvalue weighted by molar-refractivity contribution is 6.36. The van der Waals surface area contributed by atoms with Crippen LogP contribution in [0.2, 0.25) is 15.1 Å². The summed E-state index contributed by atoms with van der Waals surface area (Å²) in [6.45, 7) is 2.82. The smallest absolute Gasteiger partial charge is 0.180 e. The molecule has 0 atom stereocenters. The molecule has 0 unspecified atom stereocenters. The maximum absolute atomic E-state index is 13.9. The van der Waals surface area contributed by atoms with Crippen LogP contribution in [-0.2, 0) is 13.2 Å². The highest BCUT2D eigenvalue weighted by Gasteiger charge is 2.14. The topological polar surface area (TPSA) is 30.5 Å². The second-order valence-electron chi connectivity index (χ2n) is 6.20. The van der Waals surface area contributed by atoms with Gasteiger partial charge < -0.3 is 14.8 Å². The summed E-state index contributed by atoms with van der Waals surface area (Å²) in [6.07, 6.45) is 0. The minimum atomic E-state index is -0.331. The van der Waals surface area contributed by atoms with Gasteiger partial charge in [0.05, 0.1) is 22.3 Å². The van der Waals surface area contributed by atoms with Gasteiger partial charge in [0.15, 0.2) is 11.5 Å². The molecule has 0 bridgehead atoms. The number of nitrogens with one attached hydrogen (secondary N) is 1. The SMILES string of the molecule is CCOc1cc(CNc2ccc(Cl)cc2Cl)cc(Cl)c1OCc1ccccc1F. The minimum absolute atomic E-state index is 0.0461. The van der Waals surface area contributed by atoms with Crippen LogP contribution in [-0.4, -0.2) is 6.61 Å². The van der Waals surface area contributed by atoms with Crippen LogP contribution >= 0.6 is 34.8 Å². The van der Waals surface area contributed by atoms with E-state index >= 15 is 0 Å². The number of benzene rings is 3. The Bertz CT molecular complexity index is 998. The number of rotatable bonds is 8. The lowest BCUT2D eigenvalue weighted by molar-refractivity contribution is 0.266. The van der Waals surface area contributed by atoms with Crippen molar-refractivity contribution in [3.05, 3.63) is 86.6 Å². The summed E-state index contributed by atoms with van der Waals surface area (Å²) in [5, 5.41) is 4.72. The molecule has 29 heavy (non-hydrogen) atoms. The standard InChI is InChI=1S/C22H19Cl3FNO2/c1-2-28-21-10-14(12-27-20-8-7-16(23)11-17(20)24)9-18(25)22(21)29-13-15-5-3-4-6-19(15)26/h3-11,27H,2,12-13H2,1H3. The van der Waals surface area contributed by atoms with Crippen molar-refractivity contribution in [2.45, 2.75) is 20.1 Å². The Morgan fingerprint density at radius 1 is 0.931 bits per heavy atom. The average Bonchev–Trinajstić information content (AvgIpc) is 2.68. The molecule has 0 aromatic heterocycles. The van der Waals surface area contributed by atoms with Crippen LogP contribution in [0, 0.1) is 5.82 Å². The average molecular weight is 455 g/mol. The van der Waals surface area contributed by atoms with Gasteiger partial charge in [0, 0.05) is 17.1 Å². The van der Waals surface area contributed by atoms with E-state index in [0.717, 1.165) is 11.3 Å². The van der Waals surface area contributed by atoms with E-state index in [-0.39, 0.29) is 12.4 Å². The van der Waals surface area contributed by atoms with Crippen molar-refractivity contribution in [1.82, 2.24) is 0 Å². The summed E-state index contributed by atoms with van der Waals surface area (Å²) in [5.41, 5.74) is 2.07. The Kier molecular flexibility index (Phi) is 7.48. The zero-order chi connectivity index (χ0) is 20.8. The fraction of sp³-hybridized carbons (Fsp3) is 0.182. The molecule has 0 fully saturated rings. The van der Waals surface area contributed by atoms with E-state index in [4.69, 9.17) is 44.3 Å². The minimum Gasteiger partial charge on any atom is -0.490 e. The van der Waals surface area contributed by atoms with Gasteiger partial charge in [-0.15, -0.1) is 0 Å². The predicted octanol–water partition coefficient (Wildman–Crippen LogP) is 7.38. The van der Waals surface area contributed by atoms with Crippen molar-refractivity contribution in [2.75, 3.05) is 11.9 Å². The summed E-state index contributed by atoms with van der Waals surface area (Å²) in [4.78, 5) is 0. The van der Waals surface area contributed by atoms with Crippen molar-refractivity contribution in [3.8, 4) is 11.5 Å². The van der Waals surface area contributed by atoms with E-state index in [1.54, 1.807) is 36.4 Å². The predicted molar refractivity (Wildman–Crippen MR) is 117 cm³/mol. The molecule has 3 nitrogen and oxygen atoms in total. The van der Waals surface area contributed by atoms with Crippen molar-refractivity contribution in [1.29, 1.82) is 0 Å². The van der Waals surface area contributed by atoms with Gasteiger partial charge in [0.2, 0.25) is 0 Å². The van der Waals surface area contributed by atoms with Crippen LogP contribution in [0.5, 0.6) is 11.5 Å². The quantitative estimate of drug-likeness (QED) is 0.385. The molecular weight excluding hydrogens is 436 g/mol. The first kappa shape index (κ1) is 21.6.